The van der Waals surface area contributed by atoms with E-state index in [0.717, 1.165) is 18.4 Å². The number of methoxy groups -OCH3 is 1. The van der Waals surface area contributed by atoms with Gasteiger partial charge < -0.3 is 69.6 Å². The van der Waals surface area contributed by atoms with E-state index in [2.05, 4.69) is 41.5 Å². The number of ether oxygens (including phenoxy) is 5. The van der Waals surface area contributed by atoms with Crippen LogP contribution in [0, 0.1) is 52.3 Å². The van der Waals surface area contributed by atoms with Gasteiger partial charge in [-0.15, -0.1) is 0 Å². The lowest BCUT2D eigenvalue weighted by Gasteiger charge is -2.64. The zero-order valence-corrected chi connectivity index (χ0v) is 33.7. The Labute approximate surface area is 325 Å². The van der Waals surface area contributed by atoms with Gasteiger partial charge in [-0.2, -0.15) is 0 Å². The van der Waals surface area contributed by atoms with Crippen LogP contribution in [0.1, 0.15) is 86.5 Å². The van der Waals surface area contributed by atoms with Gasteiger partial charge in [0.25, 0.3) is 0 Å². The second-order valence-corrected chi connectivity index (χ2v) is 19.0. The molecule has 3 saturated carbocycles. The van der Waals surface area contributed by atoms with Gasteiger partial charge in [0.2, 0.25) is 0 Å². The number of hydrogen-bond acceptors (Lipinski definition) is 14. The summed E-state index contributed by atoms with van der Waals surface area (Å²) in [4.78, 5) is 0. The molecule has 21 atom stereocenters. The van der Waals surface area contributed by atoms with Crippen molar-refractivity contribution in [1.82, 2.24) is 0 Å². The van der Waals surface area contributed by atoms with Gasteiger partial charge in [0.05, 0.1) is 49.8 Å². The molecule has 9 N–H and O–H groups in total. The summed E-state index contributed by atoms with van der Waals surface area (Å²) in [6.45, 7) is 12.8. The van der Waals surface area contributed by atoms with Crippen LogP contribution in [0.2, 0.25) is 0 Å². The van der Waals surface area contributed by atoms with Crippen LogP contribution in [0.5, 0.6) is 0 Å². The molecule has 2 aliphatic heterocycles. The minimum Gasteiger partial charge on any atom is -0.390 e. The summed E-state index contributed by atoms with van der Waals surface area (Å²) in [5.74, 6) is -0.561. The Hall–Kier alpha value is -0.820. The molecule has 0 aromatic rings. The third kappa shape index (κ3) is 7.74. The fourth-order valence-corrected chi connectivity index (χ4v) is 12.6. The van der Waals surface area contributed by atoms with E-state index in [1.54, 1.807) is 0 Å². The van der Waals surface area contributed by atoms with E-state index < -0.39 is 96.0 Å². The van der Waals surface area contributed by atoms with E-state index in [4.69, 9.17) is 23.7 Å². The molecule has 318 valence electrons. The highest BCUT2D eigenvalue weighted by Gasteiger charge is 2.72. The highest BCUT2D eigenvalue weighted by atomic mass is 16.7. The molecule has 0 radical (unpaired) electrons. The van der Waals surface area contributed by atoms with Gasteiger partial charge in [-0.05, 0) is 84.0 Å². The Morgan fingerprint density at radius 3 is 2.11 bits per heavy atom. The standard InChI is InChI=1S/C41H70O14/c1-19(2)23(21(4)16-52-37-34(49)30(45)26(43)17-53-37)9-8-20(3)29-32(47)33(48)36-40(29,6)13-11-28-39(5)12-10-22(14-24(39)25(42)15-41(28,36)50)55-38-35(51-7)31(46)27(44)18-54-38/h14,19-23,25-38,42-50H,8-13,15-18H2,1-7H3/t20-,21-,22+,23+,25-,26-,27-,28?,29+,30+,31+,32-,33?,34-,35-,36?,37-,38+,39+,40-,41+/m1/s1. The molecule has 55 heavy (non-hydrogen) atoms. The summed E-state index contributed by atoms with van der Waals surface area (Å²) < 4.78 is 28.7. The molecule has 14 nitrogen and oxygen atoms in total. The maximum absolute atomic E-state index is 12.9. The van der Waals surface area contributed by atoms with Crippen molar-refractivity contribution in [2.24, 2.45) is 52.3 Å². The first kappa shape index (κ1) is 43.8. The summed E-state index contributed by atoms with van der Waals surface area (Å²) in [5.41, 5.74) is -1.79. The van der Waals surface area contributed by atoms with E-state index in [1.165, 1.54) is 7.11 Å². The molecule has 5 fully saturated rings. The fraction of sp³-hybridized carbons (Fsp3) is 0.951. The topological polar surface area (TPSA) is 228 Å². The summed E-state index contributed by atoms with van der Waals surface area (Å²) in [5, 5.41) is 99.1. The van der Waals surface area contributed by atoms with Gasteiger partial charge in [-0.25, -0.2) is 0 Å². The van der Waals surface area contributed by atoms with Gasteiger partial charge in [0.15, 0.2) is 12.6 Å². The Kier molecular flexibility index (Phi) is 13.3. The summed E-state index contributed by atoms with van der Waals surface area (Å²) in [6.07, 6.45) is -6.42. The molecule has 0 aromatic carbocycles. The lowest BCUT2D eigenvalue weighted by atomic mass is 9.43. The van der Waals surface area contributed by atoms with Crippen LogP contribution in [0.4, 0.5) is 0 Å². The number of fused-ring (bicyclic) bond motifs is 5. The Morgan fingerprint density at radius 1 is 0.800 bits per heavy atom. The van der Waals surface area contributed by atoms with Gasteiger partial charge >= 0.3 is 0 Å². The number of aliphatic hydroxyl groups is 9. The first-order valence-corrected chi connectivity index (χ1v) is 20.7. The largest absolute Gasteiger partial charge is 0.390 e. The summed E-state index contributed by atoms with van der Waals surface area (Å²) in [6, 6.07) is 0. The number of aliphatic hydroxyl groups excluding tert-OH is 8. The third-order valence-electron chi connectivity index (χ3n) is 15.4. The lowest BCUT2D eigenvalue weighted by Crippen LogP contribution is -2.66. The first-order chi connectivity index (χ1) is 25.8. The Morgan fingerprint density at radius 2 is 1.45 bits per heavy atom. The van der Waals surface area contributed by atoms with Crippen LogP contribution in [0.15, 0.2) is 11.6 Å². The minimum absolute atomic E-state index is 0.0130. The minimum atomic E-state index is -1.42. The molecule has 2 heterocycles. The van der Waals surface area contributed by atoms with E-state index in [0.29, 0.717) is 38.2 Å². The zero-order chi connectivity index (χ0) is 40.4. The molecule has 2 saturated heterocycles. The van der Waals surface area contributed by atoms with Crippen LogP contribution in [-0.2, 0) is 23.7 Å². The lowest BCUT2D eigenvalue weighted by molar-refractivity contribution is -0.285. The summed E-state index contributed by atoms with van der Waals surface area (Å²) in [7, 11) is 1.42. The molecule has 0 amide bonds. The van der Waals surface area contributed by atoms with E-state index >= 15 is 0 Å². The quantitative estimate of drug-likeness (QED) is 0.125. The second-order valence-electron chi connectivity index (χ2n) is 19.0. The normalized spacial score (nSPS) is 50.4. The second kappa shape index (κ2) is 16.7. The van der Waals surface area contributed by atoms with Gasteiger partial charge in [0.1, 0.15) is 36.6 Å². The van der Waals surface area contributed by atoms with Crippen molar-refractivity contribution in [3.8, 4) is 0 Å². The maximum atomic E-state index is 12.9. The van der Waals surface area contributed by atoms with Gasteiger partial charge in [0, 0.05) is 19.4 Å². The van der Waals surface area contributed by atoms with Gasteiger partial charge in [-0.3, -0.25) is 0 Å². The van der Waals surface area contributed by atoms with Crippen molar-refractivity contribution in [1.29, 1.82) is 0 Å². The monoisotopic (exact) mass is 786 g/mol. The summed E-state index contributed by atoms with van der Waals surface area (Å²) >= 11 is 0. The fourth-order valence-electron chi connectivity index (χ4n) is 12.6. The number of rotatable bonds is 12. The SMILES string of the molecule is CO[C@H]1[C@H](O[C@@H]2C=C3[C@H](O)C[C@]4(O)C(CC[C@@]5(C)C4C(O)[C@H](O)[C@@H]5[C@H](C)CC[C@@H](C(C)C)[C@H](C)CO[C@@H]4OC[C@@H](O)[C@H](O)[C@H]4O)[C@@]3(C)CC2)OC[C@@H](O)[C@@H]1O. The number of hydrogen-bond donors (Lipinski definition) is 9. The van der Waals surface area contributed by atoms with Crippen molar-refractivity contribution in [3.05, 3.63) is 11.6 Å². The maximum Gasteiger partial charge on any atom is 0.187 e. The smallest absolute Gasteiger partial charge is 0.187 e. The molecule has 4 aliphatic carbocycles. The Balaban J connectivity index is 1.13. The molecule has 0 spiro atoms. The van der Waals surface area contributed by atoms with E-state index in [9.17, 15) is 46.0 Å². The van der Waals surface area contributed by atoms with Crippen molar-refractivity contribution in [2.75, 3.05) is 26.9 Å². The molecular weight excluding hydrogens is 716 g/mol. The average Bonchev–Trinajstić information content (AvgIpc) is 3.33. The predicted octanol–water partition coefficient (Wildman–Crippen LogP) is 0.851. The zero-order valence-electron chi connectivity index (χ0n) is 33.7. The molecule has 6 rings (SSSR count). The van der Waals surface area contributed by atoms with Crippen LogP contribution >= 0.6 is 0 Å². The average molecular weight is 787 g/mol. The molecule has 6 aliphatic rings. The molecule has 14 heteroatoms. The van der Waals surface area contributed by atoms with Crippen molar-refractivity contribution < 1.29 is 69.6 Å². The predicted molar refractivity (Wildman–Crippen MR) is 198 cm³/mol. The van der Waals surface area contributed by atoms with Crippen LogP contribution in [0.3, 0.4) is 0 Å². The van der Waals surface area contributed by atoms with Crippen LogP contribution < -0.4 is 0 Å². The van der Waals surface area contributed by atoms with Crippen LogP contribution in [0.25, 0.3) is 0 Å². The van der Waals surface area contributed by atoms with Crippen molar-refractivity contribution in [3.63, 3.8) is 0 Å². The molecular formula is C41H70O14. The van der Waals surface area contributed by atoms with E-state index in [1.807, 2.05) is 6.08 Å². The molecule has 3 unspecified atom stereocenters. The van der Waals surface area contributed by atoms with Crippen molar-refractivity contribution >= 4 is 0 Å². The third-order valence-corrected chi connectivity index (χ3v) is 15.4. The molecule has 0 aromatic heterocycles. The highest BCUT2D eigenvalue weighted by Crippen LogP contribution is 2.69. The van der Waals surface area contributed by atoms with E-state index in [-0.39, 0.29) is 49.2 Å². The Bertz CT molecular complexity index is 1330. The first-order valence-electron chi connectivity index (χ1n) is 20.7. The van der Waals surface area contributed by atoms with Crippen molar-refractivity contribution in [2.45, 2.75) is 166 Å². The van der Waals surface area contributed by atoms with Gasteiger partial charge in [-0.1, -0.05) is 54.0 Å². The molecule has 0 bridgehead atoms. The van der Waals surface area contributed by atoms with Crippen LogP contribution in [-0.4, -0.2) is 152 Å². The highest BCUT2D eigenvalue weighted by molar-refractivity contribution is 5.33.